The van der Waals surface area contributed by atoms with Gasteiger partial charge in [-0.25, -0.2) is 0 Å². The van der Waals surface area contributed by atoms with E-state index in [1.807, 2.05) is 30.1 Å². The van der Waals surface area contributed by atoms with E-state index in [1.165, 1.54) is 0 Å². The van der Waals surface area contributed by atoms with E-state index in [0.717, 1.165) is 16.9 Å². The second-order valence-corrected chi connectivity index (χ2v) is 5.29. The monoisotopic (exact) mass is 295 g/mol. The molecule has 5 nitrogen and oxygen atoms in total. The number of carbonyl (C=O) groups excluding carboxylic acids is 1. The van der Waals surface area contributed by atoms with Gasteiger partial charge in [-0.05, 0) is 25.2 Å². The van der Waals surface area contributed by atoms with Gasteiger partial charge in [0.05, 0.1) is 13.7 Å². The van der Waals surface area contributed by atoms with Crippen LogP contribution in [0.5, 0.6) is 5.75 Å². The summed E-state index contributed by atoms with van der Waals surface area (Å²) in [5.41, 5.74) is 7.39. The minimum Gasteiger partial charge on any atom is -0.496 e. The molecule has 0 bridgehead atoms. The number of rotatable bonds is 6. The van der Waals surface area contributed by atoms with E-state index in [1.54, 1.807) is 26.1 Å². The summed E-state index contributed by atoms with van der Waals surface area (Å²) in [6, 6.07) is 5.57. The summed E-state index contributed by atoms with van der Waals surface area (Å²) < 4.78 is 5.33. The summed E-state index contributed by atoms with van der Waals surface area (Å²) in [7, 11) is 6.98. The molecule has 0 spiro atoms. The first-order valence-corrected chi connectivity index (χ1v) is 6.61. The Hall–Kier alpha value is -1.66. The zero-order chi connectivity index (χ0) is 15.3. The minimum absolute atomic E-state index is 0.0527. The maximum Gasteiger partial charge on any atom is 0.236 e. The first-order chi connectivity index (χ1) is 9.35. The van der Waals surface area contributed by atoms with Gasteiger partial charge in [-0.3, -0.25) is 9.69 Å². The zero-order valence-corrected chi connectivity index (χ0v) is 13.2. The van der Waals surface area contributed by atoms with Crippen LogP contribution in [-0.2, 0) is 11.3 Å². The molecular weight excluding hydrogens is 274 g/mol. The first kappa shape index (κ1) is 16.4. The number of thiocarbonyl (C=S) groups is 1. The SMILES string of the molecule is COc1ccc(C(N)=S)cc1CN(C)CC(=O)N(C)C. The van der Waals surface area contributed by atoms with Crippen LogP contribution in [0.4, 0.5) is 0 Å². The molecule has 2 N–H and O–H groups in total. The van der Waals surface area contributed by atoms with Crippen molar-refractivity contribution in [2.75, 3.05) is 34.8 Å². The Bertz CT molecular complexity index is 503. The van der Waals surface area contributed by atoms with Gasteiger partial charge in [-0.2, -0.15) is 0 Å². The number of likely N-dealkylation sites (N-methyl/N-ethyl adjacent to an activating group) is 2. The van der Waals surface area contributed by atoms with Gasteiger partial charge in [0.25, 0.3) is 0 Å². The zero-order valence-electron chi connectivity index (χ0n) is 12.3. The molecule has 0 heterocycles. The highest BCUT2D eigenvalue weighted by Gasteiger charge is 2.12. The Labute approximate surface area is 125 Å². The van der Waals surface area contributed by atoms with E-state index < -0.39 is 0 Å². The number of amides is 1. The largest absolute Gasteiger partial charge is 0.496 e. The molecule has 1 amide bonds. The molecule has 20 heavy (non-hydrogen) atoms. The molecule has 0 unspecified atom stereocenters. The van der Waals surface area contributed by atoms with Crippen LogP contribution in [0.3, 0.4) is 0 Å². The van der Waals surface area contributed by atoms with Crippen molar-refractivity contribution in [3.8, 4) is 5.75 Å². The van der Waals surface area contributed by atoms with E-state index in [2.05, 4.69) is 0 Å². The molecule has 0 saturated carbocycles. The van der Waals surface area contributed by atoms with Gasteiger partial charge in [-0.15, -0.1) is 0 Å². The molecule has 0 atom stereocenters. The summed E-state index contributed by atoms with van der Waals surface area (Å²) in [5.74, 6) is 0.811. The number of ether oxygens (including phenoxy) is 1. The van der Waals surface area contributed by atoms with Gasteiger partial charge in [0.2, 0.25) is 5.91 Å². The van der Waals surface area contributed by atoms with E-state index in [0.29, 0.717) is 18.1 Å². The van der Waals surface area contributed by atoms with E-state index in [-0.39, 0.29) is 5.91 Å². The summed E-state index contributed by atoms with van der Waals surface area (Å²) in [6.45, 7) is 0.923. The van der Waals surface area contributed by atoms with E-state index in [9.17, 15) is 4.79 Å². The lowest BCUT2D eigenvalue weighted by atomic mass is 10.1. The van der Waals surface area contributed by atoms with Gasteiger partial charge in [0, 0.05) is 31.8 Å². The highest BCUT2D eigenvalue weighted by molar-refractivity contribution is 7.80. The lowest BCUT2D eigenvalue weighted by Gasteiger charge is -2.20. The van der Waals surface area contributed by atoms with Crippen LogP contribution in [0.1, 0.15) is 11.1 Å². The summed E-state index contributed by atoms with van der Waals surface area (Å²) in [4.78, 5) is 15.5. The smallest absolute Gasteiger partial charge is 0.236 e. The maximum atomic E-state index is 11.7. The standard InChI is InChI=1S/C14H21N3O2S/c1-16(2)13(18)9-17(3)8-11-7-10(14(15)20)5-6-12(11)19-4/h5-7H,8-9H2,1-4H3,(H2,15,20). The number of nitrogens with two attached hydrogens (primary N) is 1. The van der Waals surface area contributed by atoms with Crippen LogP contribution in [0.2, 0.25) is 0 Å². The summed E-state index contributed by atoms with van der Waals surface area (Å²) in [6.07, 6.45) is 0. The molecule has 0 saturated heterocycles. The van der Waals surface area contributed by atoms with Crippen molar-refractivity contribution in [1.29, 1.82) is 0 Å². The second-order valence-electron chi connectivity index (χ2n) is 4.85. The third-order valence-electron chi connectivity index (χ3n) is 2.91. The van der Waals surface area contributed by atoms with Crippen molar-refractivity contribution < 1.29 is 9.53 Å². The van der Waals surface area contributed by atoms with Crippen LogP contribution >= 0.6 is 12.2 Å². The fourth-order valence-corrected chi connectivity index (χ4v) is 1.90. The number of nitrogens with zero attached hydrogens (tertiary/aromatic N) is 2. The van der Waals surface area contributed by atoms with Crippen molar-refractivity contribution in [3.05, 3.63) is 29.3 Å². The average Bonchev–Trinajstić information content (AvgIpc) is 2.38. The van der Waals surface area contributed by atoms with Gasteiger partial charge in [0.15, 0.2) is 0 Å². The molecular formula is C14H21N3O2S. The third kappa shape index (κ3) is 4.47. The van der Waals surface area contributed by atoms with Crippen molar-refractivity contribution >= 4 is 23.1 Å². The van der Waals surface area contributed by atoms with Gasteiger partial charge >= 0.3 is 0 Å². The quantitative estimate of drug-likeness (QED) is 0.789. The predicted octanol–water partition coefficient (Wildman–Crippen LogP) is 0.849. The molecule has 1 rings (SSSR count). The van der Waals surface area contributed by atoms with Gasteiger partial charge in [0.1, 0.15) is 10.7 Å². The van der Waals surface area contributed by atoms with Crippen LogP contribution in [0.15, 0.2) is 18.2 Å². The van der Waals surface area contributed by atoms with Crippen molar-refractivity contribution in [2.24, 2.45) is 5.73 Å². The minimum atomic E-state index is 0.0527. The Morgan fingerprint density at radius 1 is 1.35 bits per heavy atom. The molecule has 0 radical (unpaired) electrons. The summed E-state index contributed by atoms with van der Waals surface area (Å²) >= 11 is 4.98. The average molecular weight is 295 g/mol. The van der Waals surface area contributed by atoms with Crippen LogP contribution < -0.4 is 10.5 Å². The molecule has 0 aliphatic rings. The molecule has 0 aliphatic carbocycles. The first-order valence-electron chi connectivity index (χ1n) is 6.20. The van der Waals surface area contributed by atoms with Crippen LogP contribution in [0, 0.1) is 0 Å². The maximum absolute atomic E-state index is 11.7. The second kappa shape index (κ2) is 7.21. The van der Waals surface area contributed by atoms with Crippen molar-refractivity contribution in [1.82, 2.24) is 9.80 Å². The molecule has 0 aromatic heterocycles. The summed E-state index contributed by atoms with van der Waals surface area (Å²) in [5, 5.41) is 0. The number of methoxy groups -OCH3 is 1. The Kier molecular flexibility index (Phi) is 5.91. The topological polar surface area (TPSA) is 58.8 Å². The molecule has 0 aliphatic heterocycles. The Morgan fingerprint density at radius 2 is 2.00 bits per heavy atom. The molecule has 0 fully saturated rings. The molecule has 6 heteroatoms. The van der Waals surface area contributed by atoms with E-state index in [4.69, 9.17) is 22.7 Å². The fraction of sp³-hybridized carbons (Fsp3) is 0.429. The number of carbonyl (C=O) groups is 1. The van der Waals surface area contributed by atoms with Gasteiger partial charge < -0.3 is 15.4 Å². The predicted molar refractivity (Wildman–Crippen MR) is 83.9 cm³/mol. The highest BCUT2D eigenvalue weighted by atomic mass is 32.1. The number of hydrogen-bond acceptors (Lipinski definition) is 4. The number of benzene rings is 1. The highest BCUT2D eigenvalue weighted by Crippen LogP contribution is 2.21. The van der Waals surface area contributed by atoms with Crippen LogP contribution in [0.25, 0.3) is 0 Å². The number of hydrogen-bond donors (Lipinski definition) is 1. The Morgan fingerprint density at radius 3 is 2.50 bits per heavy atom. The normalized spacial score (nSPS) is 10.4. The lowest BCUT2D eigenvalue weighted by molar-refractivity contribution is -0.129. The Balaban J connectivity index is 2.86. The third-order valence-corrected chi connectivity index (χ3v) is 3.14. The molecule has 1 aromatic rings. The van der Waals surface area contributed by atoms with E-state index >= 15 is 0 Å². The fourth-order valence-electron chi connectivity index (χ4n) is 1.77. The molecule has 1 aromatic carbocycles. The van der Waals surface area contributed by atoms with Gasteiger partial charge in [-0.1, -0.05) is 12.2 Å². The van der Waals surface area contributed by atoms with Crippen LogP contribution in [-0.4, -0.2) is 55.5 Å². The molecule has 110 valence electrons. The lowest BCUT2D eigenvalue weighted by Crippen LogP contribution is -2.34. The van der Waals surface area contributed by atoms with Crippen molar-refractivity contribution in [3.63, 3.8) is 0 Å². The van der Waals surface area contributed by atoms with Crippen molar-refractivity contribution in [2.45, 2.75) is 6.54 Å².